The van der Waals surface area contributed by atoms with Gasteiger partial charge in [0, 0.05) is 19.3 Å². The van der Waals surface area contributed by atoms with Gasteiger partial charge in [-0.15, -0.1) is 11.3 Å². The molecule has 0 saturated heterocycles. The van der Waals surface area contributed by atoms with Crippen molar-refractivity contribution in [3.05, 3.63) is 28.2 Å². The second-order valence-corrected chi connectivity index (χ2v) is 5.30. The van der Waals surface area contributed by atoms with Gasteiger partial charge < -0.3 is 10.0 Å². The maximum absolute atomic E-state index is 12.7. The minimum Gasteiger partial charge on any atom is -0.423 e. The molecule has 0 aliphatic heterocycles. The molecule has 2 aromatic rings. The van der Waals surface area contributed by atoms with Crippen LogP contribution in [0.5, 0.6) is 0 Å². The molecule has 0 fully saturated rings. The Labute approximate surface area is 107 Å². The second-order valence-electron chi connectivity index (χ2n) is 3.36. The van der Waals surface area contributed by atoms with Gasteiger partial charge in [-0.3, -0.25) is 0 Å². The quantitative estimate of drug-likeness (QED) is 0.791. The Kier molecular flexibility index (Phi) is 3.24. The normalized spacial score (nSPS) is 12.1. The third-order valence-corrected chi connectivity index (χ3v) is 4.11. The number of hydrogen-bond acceptors (Lipinski definition) is 3. The van der Waals surface area contributed by atoms with E-state index in [1.165, 1.54) is 12.1 Å². The van der Waals surface area contributed by atoms with Crippen LogP contribution in [0.1, 0.15) is 5.56 Å². The average Bonchev–Trinajstić information content (AvgIpc) is 2.61. The summed E-state index contributed by atoms with van der Waals surface area (Å²) in [7, 11) is -1.76. The molecule has 1 aromatic heterocycles. The lowest BCUT2D eigenvalue weighted by atomic mass is 9.89. The van der Waals surface area contributed by atoms with E-state index in [4.69, 9.17) is 10.0 Å². The molecule has 1 heterocycles. The van der Waals surface area contributed by atoms with Crippen molar-refractivity contribution in [2.45, 2.75) is 6.18 Å². The summed E-state index contributed by atoms with van der Waals surface area (Å²) in [6.45, 7) is 0. The van der Waals surface area contributed by atoms with Crippen molar-refractivity contribution in [2.24, 2.45) is 0 Å². The molecule has 2 rings (SSSR count). The Morgan fingerprint density at radius 3 is 2.41 bits per heavy atom. The van der Waals surface area contributed by atoms with E-state index in [0.29, 0.717) is 9.86 Å². The summed E-state index contributed by atoms with van der Waals surface area (Å²) in [6, 6.07) is 3.60. The van der Waals surface area contributed by atoms with Gasteiger partial charge in [0.15, 0.2) is 0 Å². The molecule has 0 amide bonds. The van der Waals surface area contributed by atoms with E-state index in [1.807, 2.05) is 0 Å². The maximum Gasteiger partial charge on any atom is 0.499 e. The highest BCUT2D eigenvalue weighted by atomic mass is 79.9. The molecule has 90 valence electrons. The van der Waals surface area contributed by atoms with Crippen molar-refractivity contribution in [3.8, 4) is 0 Å². The highest BCUT2D eigenvalue weighted by molar-refractivity contribution is 9.10. The summed E-state index contributed by atoms with van der Waals surface area (Å²) in [5, 5.41) is 18.3. The zero-order valence-electron chi connectivity index (χ0n) is 8.12. The van der Waals surface area contributed by atoms with E-state index in [1.54, 1.807) is 0 Å². The van der Waals surface area contributed by atoms with Crippen LogP contribution in [0.2, 0.25) is 0 Å². The van der Waals surface area contributed by atoms with Gasteiger partial charge in [0.1, 0.15) is 0 Å². The molecule has 0 atom stereocenters. The molecule has 0 spiro atoms. The average molecular weight is 325 g/mol. The summed E-state index contributed by atoms with van der Waals surface area (Å²) in [6.07, 6.45) is -4.46. The molecule has 0 saturated carbocycles. The molecule has 0 unspecified atom stereocenters. The Bertz CT molecular complexity index is 567. The van der Waals surface area contributed by atoms with E-state index < -0.39 is 18.9 Å². The SMILES string of the molecule is OB(O)c1cc2c(Br)ccc(C(F)(F)F)c2s1. The summed E-state index contributed by atoms with van der Waals surface area (Å²) in [5.74, 6) is 0. The highest BCUT2D eigenvalue weighted by Crippen LogP contribution is 2.39. The van der Waals surface area contributed by atoms with Gasteiger partial charge >= 0.3 is 13.3 Å². The third-order valence-electron chi connectivity index (χ3n) is 2.21. The third kappa shape index (κ3) is 2.35. The Morgan fingerprint density at radius 2 is 1.88 bits per heavy atom. The first kappa shape index (κ1) is 12.9. The summed E-state index contributed by atoms with van der Waals surface area (Å²) in [4.78, 5) is 0. The highest BCUT2D eigenvalue weighted by Gasteiger charge is 2.34. The molecular weight excluding hydrogens is 320 g/mol. The Hall–Kier alpha value is -0.565. The van der Waals surface area contributed by atoms with Crippen molar-refractivity contribution in [1.29, 1.82) is 0 Å². The number of thiophene rings is 1. The molecular formula is C9H5BBrF3O2S. The smallest absolute Gasteiger partial charge is 0.423 e. The molecule has 2 nitrogen and oxygen atoms in total. The molecule has 0 aliphatic rings. The minimum absolute atomic E-state index is 0.00465. The standard InChI is InChI=1S/C9H5BBrF3O2S/c11-6-2-1-5(9(12,13)14)8-4(6)3-7(17-8)10(15)16/h1-3,15-16H. The van der Waals surface area contributed by atoms with Crippen LogP contribution in [0, 0.1) is 0 Å². The fourth-order valence-corrected chi connectivity index (χ4v) is 3.13. The van der Waals surface area contributed by atoms with Crippen molar-refractivity contribution in [2.75, 3.05) is 0 Å². The van der Waals surface area contributed by atoms with E-state index in [0.717, 1.165) is 17.4 Å². The summed E-state index contributed by atoms with van der Waals surface area (Å²) < 4.78 is 38.7. The van der Waals surface area contributed by atoms with Crippen LogP contribution in [0.4, 0.5) is 13.2 Å². The largest absolute Gasteiger partial charge is 0.499 e. The van der Waals surface area contributed by atoms with Crippen LogP contribution in [0.25, 0.3) is 10.1 Å². The van der Waals surface area contributed by atoms with Crippen molar-refractivity contribution < 1.29 is 23.2 Å². The van der Waals surface area contributed by atoms with E-state index in [9.17, 15) is 13.2 Å². The number of hydrogen-bond donors (Lipinski definition) is 2. The first-order valence-corrected chi connectivity index (χ1v) is 6.07. The molecule has 17 heavy (non-hydrogen) atoms. The topological polar surface area (TPSA) is 40.5 Å². The van der Waals surface area contributed by atoms with Gasteiger partial charge in [0.05, 0.1) is 5.56 Å². The number of alkyl halides is 3. The van der Waals surface area contributed by atoms with Crippen molar-refractivity contribution in [1.82, 2.24) is 0 Å². The lowest BCUT2D eigenvalue weighted by Gasteiger charge is -2.08. The summed E-state index contributed by atoms with van der Waals surface area (Å²) in [5.41, 5.74) is -0.771. The van der Waals surface area contributed by atoms with Crippen LogP contribution in [0.3, 0.4) is 0 Å². The Balaban J connectivity index is 2.76. The molecule has 0 radical (unpaired) electrons. The van der Waals surface area contributed by atoms with Crippen LogP contribution in [-0.2, 0) is 6.18 Å². The van der Waals surface area contributed by atoms with E-state index in [2.05, 4.69) is 15.9 Å². The monoisotopic (exact) mass is 324 g/mol. The molecule has 1 aromatic carbocycles. The molecule has 8 heteroatoms. The minimum atomic E-state index is -4.46. The zero-order valence-corrected chi connectivity index (χ0v) is 10.5. The van der Waals surface area contributed by atoms with E-state index in [-0.39, 0.29) is 9.48 Å². The zero-order chi connectivity index (χ0) is 12.8. The first-order chi connectivity index (χ1) is 7.80. The number of halogens is 4. The summed E-state index contributed by atoms with van der Waals surface area (Å²) >= 11 is 3.86. The molecule has 0 aliphatic carbocycles. The number of rotatable bonds is 1. The maximum atomic E-state index is 12.7. The van der Waals surface area contributed by atoms with Crippen LogP contribution < -0.4 is 4.78 Å². The molecule has 0 bridgehead atoms. The van der Waals surface area contributed by atoms with Crippen molar-refractivity contribution >= 4 is 49.2 Å². The van der Waals surface area contributed by atoms with Gasteiger partial charge in [-0.25, -0.2) is 0 Å². The van der Waals surface area contributed by atoms with Crippen LogP contribution in [-0.4, -0.2) is 17.2 Å². The Morgan fingerprint density at radius 1 is 1.24 bits per heavy atom. The fourth-order valence-electron chi connectivity index (χ4n) is 1.46. The van der Waals surface area contributed by atoms with E-state index >= 15 is 0 Å². The molecule has 2 N–H and O–H groups in total. The number of benzene rings is 1. The van der Waals surface area contributed by atoms with Crippen LogP contribution >= 0.6 is 27.3 Å². The predicted molar refractivity (Wildman–Crippen MR) is 64.4 cm³/mol. The van der Waals surface area contributed by atoms with Gasteiger partial charge in [0.2, 0.25) is 0 Å². The number of fused-ring (bicyclic) bond motifs is 1. The van der Waals surface area contributed by atoms with Gasteiger partial charge in [-0.05, 0) is 18.2 Å². The van der Waals surface area contributed by atoms with Crippen LogP contribution in [0.15, 0.2) is 22.7 Å². The van der Waals surface area contributed by atoms with Crippen molar-refractivity contribution in [3.63, 3.8) is 0 Å². The fraction of sp³-hybridized carbons (Fsp3) is 0.111. The van der Waals surface area contributed by atoms with Gasteiger partial charge in [-0.1, -0.05) is 15.9 Å². The lowest BCUT2D eigenvalue weighted by Crippen LogP contribution is -2.26. The first-order valence-electron chi connectivity index (χ1n) is 4.46. The predicted octanol–water partition coefficient (Wildman–Crippen LogP) is 2.36. The van der Waals surface area contributed by atoms with Gasteiger partial charge in [-0.2, -0.15) is 13.2 Å². The lowest BCUT2D eigenvalue weighted by molar-refractivity contribution is -0.136. The van der Waals surface area contributed by atoms with Gasteiger partial charge in [0.25, 0.3) is 0 Å². The second kappa shape index (κ2) is 4.27.